The van der Waals surface area contributed by atoms with E-state index >= 15 is 0 Å². The van der Waals surface area contributed by atoms with Gasteiger partial charge in [0.2, 0.25) is 0 Å². The quantitative estimate of drug-likeness (QED) is 0.193. The first-order chi connectivity index (χ1) is 4.70. The molecule has 0 aromatic rings. The number of carbonyl (C=O) groups is 2. The normalized spacial score (nSPS) is 7.80. The predicted octanol–water partition coefficient (Wildman–Crippen LogP) is 1.28. The maximum absolute atomic E-state index is 10.0. The first-order valence-corrected chi connectivity index (χ1v) is 2.96. The molecular formula is C8H10O2. The maximum Gasteiger partial charge on any atom is 0.153 e. The molecule has 0 bridgehead atoms. The van der Waals surface area contributed by atoms with E-state index < -0.39 is 0 Å². The van der Waals surface area contributed by atoms with Gasteiger partial charge in [0.25, 0.3) is 0 Å². The summed E-state index contributed by atoms with van der Waals surface area (Å²) in [6.07, 6.45) is 4.28. The van der Waals surface area contributed by atoms with Gasteiger partial charge in [-0.2, -0.15) is 0 Å². The number of carbonyl (C=O) groups excluding carboxylic acids is 2. The van der Waals surface area contributed by atoms with Gasteiger partial charge in [0, 0.05) is 0 Å². The fourth-order valence-corrected chi connectivity index (χ4v) is 0.369. The highest BCUT2D eigenvalue weighted by Gasteiger charge is 1.86. The van der Waals surface area contributed by atoms with Crippen molar-refractivity contribution in [3.05, 3.63) is 23.3 Å². The van der Waals surface area contributed by atoms with Crippen LogP contribution in [-0.2, 0) is 9.59 Å². The van der Waals surface area contributed by atoms with Gasteiger partial charge >= 0.3 is 0 Å². The SMILES string of the molecule is CC(C)=CC=C(C=O)C=O. The minimum Gasteiger partial charge on any atom is -0.298 e. The van der Waals surface area contributed by atoms with Gasteiger partial charge in [-0.05, 0) is 19.9 Å². The van der Waals surface area contributed by atoms with Crippen LogP contribution in [0.1, 0.15) is 13.8 Å². The van der Waals surface area contributed by atoms with Crippen molar-refractivity contribution in [1.82, 2.24) is 0 Å². The molecule has 0 saturated heterocycles. The van der Waals surface area contributed by atoms with Gasteiger partial charge < -0.3 is 0 Å². The number of hydrogen-bond donors (Lipinski definition) is 0. The summed E-state index contributed by atoms with van der Waals surface area (Å²) in [7, 11) is 0. The molecule has 0 atom stereocenters. The summed E-state index contributed by atoms with van der Waals surface area (Å²) in [5, 5.41) is 0. The molecule has 0 aliphatic heterocycles. The van der Waals surface area contributed by atoms with Crippen LogP contribution in [0.3, 0.4) is 0 Å². The Morgan fingerprint density at radius 1 is 1.00 bits per heavy atom. The van der Waals surface area contributed by atoms with Crippen molar-refractivity contribution in [2.75, 3.05) is 0 Å². The third-order valence-electron chi connectivity index (χ3n) is 0.881. The lowest BCUT2D eigenvalue weighted by Crippen LogP contribution is -1.83. The van der Waals surface area contributed by atoms with Crippen molar-refractivity contribution in [2.45, 2.75) is 13.8 Å². The van der Waals surface area contributed by atoms with Crippen LogP contribution in [0.2, 0.25) is 0 Å². The third-order valence-corrected chi connectivity index (χ3v) is 0.881. The second-order valence-corrected chi connectivity index (χ2v) is 2.15. The molecule has 0 rings (SSSR count). The molecule has 0 radical (unpaired) electrons. The molecule has 54 valence electrons. The van der Waals surface area contributed by atoms with Crippen LogP contribution in [0.15, 0.2) is 23.3 Å². The summed E-state index contributed by atoms with van der Waals surface area (Å²) in [5.74, 6) is 0. The fraction of sp³-hybridized carbons (Fsp3) is 0.250. The summed E-state index contributed by atoms with van der Waals surface area (Å²) in [6, 6.07) is 0. The van der Waals surface area contributed by atoms with Gasteiger partial charge in [-0.15, -0.1) is 0 Å². The number of hydrogen-bond acceptors (Lipinski definition) is 2. The molecule has 0 aliphatic rings. The maximum atomic E-state index is 10.0. The Kier molecular flexibility index (Phi) is 4.12. The zero-order valence-electron chi connectivity index (χ0n) is 6.13. The van der Waals surface area contributed by atoms with E-state index in [1.807, 2.05) is 13.8 Å². The fourth-order valence-electron chi connectivity index (χ4n) is 0.369. The van der Waals surface area contributed by atoms with E-state index in [1.165, 1.54) is 6.08 Å². The van der Waals surface area contributed by atoms with E-state index in [9.17, 15) is 9.59 Å². The Balaban J connectivity index is 4.26. The van der Waals surface area contributed by atoms with Crippen LogP contribution in [0.5, 0.6) is 0 Å². The zero-order chi connectivity index (χ0) is 7.98. The van der Waals surface area contributed by atoms with Crippen LogP contribution in [0.25, 0.3) is 0 Å². The van der Waals surface area contributed by atoms with Crippen LogP contribution in [0, 0.1) is 0 Å². The van der Waals surface area contributed by atoms with Gasteiger partial charge in [-0.3, -0.25) is 9.59 Å². The lowest BCUT2D eigenvalue weighted by molar-refractivity contribution is -0.109. The van der Waals surface area contributed by atoms with Gasteiger partial charge in [-0.1, -0.05) is 11.6 Å². The molecule has 0 fully saturated rings. The molecule has 0 heterocycles. The molecule has 2 heteroatoms. The molecule has 0 amide bonds. The molecule has 0 spiro atoms. The van der Waals surface area contributed by atoms with E-state index in [0.717, 1.165) is 5.57 Å². The van der Waals surface area contributed by atoms with Crippen molar-refractivity contribution in [2.24, 2.45) is 0 Å². The van der Waals surface area contributed by atoms with Gasteiger partial charge in [-0.25, -0.2) is 0 Å². The average molecular weight is 138 g/mol. The second kappa shape index (κ2) is 4.68. The van der Waals surface area contributed by atoms with Crippen molar-refractivity contribution in [3.8, 4) is 0 Å². The summed E-state index contributed by atoms with van der Waals surface area (Å²) >= 11 is 0. The van der Waals surface area contributed by atoms with E-state index in [-0.39, 0.29) is 5.57 Å². The highest BCUT2D eigenvalue weighted by molar-refractivity contribution is 5.99. The van der Waals surface area contributed by atoms with Crippen LogP contribution in [0.4, 0.5) is 0 Å². The Labute approximate surface area is 60.2 Å². The van der Waals surface area contributed by atoms with Crippen molar-refractivity contribution in [3.63, 3.8) is 0 Å². The van der Waals surface area contributed by atoms with E-state index in [4.69, 9.17) is 0 Å². The first-order valence-electron chi connectivity index (χ1n) is 2.96. The number of rotatable bonds is 3. The second-order valence-electron chi connectivity index (χ2n) is 2.15. The van der Waals surface area contributed by atoms with Crippen molar-refractivity contribution < 1.29 is 9.59 Å². The van der Waals surface area contributed by atoms with Gasteiger partial charge in [0.15, 0.2) is 12.6 Å². The summed E-state index contributed by atoms with van der Waals surface area (Å²) in [6.45, 7) is 3.79. The monoisotopic (exact) mass is 138 g/mol. The van der Waals surface area contributed by atoms with Gasteiger partial charge in [0.1, 0.15) is 0 Å². The van der Waals surface area contributed by atoms with Crippen LogP contribution >= 0.6 is 0 Å². The molecule has 0 N–H and O–H groups in total. The minimum absolute atomic E-state index is 0.168. The smallest absolute Gasteiger partial charge is 0.153 e. The lowest BCUT2D eigenvalue weighted by atomic mass is 10.2. The van der Waals surface area contributed by atoms with Crippen molar-refractivity contribution in [1.29, 1.82) is 0 Å². The summed E-state index contributed by atoms with van der Waals surface area (Å²) in [5.41, 5.74) is 1.22. The zero-order valence-corrected chi connectivity index (χ0v) is 6.13. The molecule has 0 unspecified atom stereocenters. The molecule has 0 saturated carbocycles. The Morgan fingerprint density at radius 3 is 1.80 bits per heavy atom. The van der Waals surface area contributed by atoms with Gasteiger partial charge in [0.05, 0.1) is 5.57 Å². The summed E-state index contributed by atoms with van der Waals surface area (Å²) < 4.78 is 0. The molecule has 0 aromatic heterocycles. The van der Waals surface area contributed by atoms with E-state index in [1.54, 1.807) is 6.08 Å². The highest BCUT2D eigenvalue weighted by Crippen LogP contribution is 1.91. The number of aldehydes is 2. The third kappa shape index (κ3) is 3.78. The molecule has 2 nitrogen and oxygen atoms in total. The molecule has 0 aliphatic carbocycles. The highest BCUT2D eigenvalue weighted by atomic mass is 16.1. The average Bonchev–Trinajstić information content (AvgIpc) is 1.90. The largest absolute Gasteiger partial charge is 0.298 e. The Hall–Kier alpha value is -1.18. The van der Waals surface area contributed by atoms with Crippen LogP contribution in [-0.4, -0.2) is 12.6 Å². The van der Waals surface area contributed by atoms with E-state index in [0.29, 0.717) is 12.6 Å². The molecule has 0 aromatic carbocycles. The lowest BCUT2D eigenvalue weighted by Gasteiger charge is -1.83. The van der Waals surface area contributed by atoms with Crippen molar-refractivity contribution >= 4 is 12.6 Å². The molecule has 10 heavy (non-hydrogen) atoms. The molecular weight excluding hydrogens is 128 g/mol. The minimum atomic E-state index is 0.168. The predicted molar refractivity (Wildman–Crippen MR) is 39.6 cm³/mol. The summed E-state index contributed by atoms with van der Waals surface area (Å²) in [4.78, 5) is 20.0. The Bertz CT molecular complexity index is 173. The Morgan fingerprint density at radius 2 is 1.50 bits per heavy atom. The number of allylic oxidation sites excluding steroid dienone is 4. The first kappa shape index (κ1) is 8.82. The standard InChI is InChI=1S/C8H10O2/c1-7(2)3-4-8(5-9)6-10/h3-6H,1-2H3. The van der Waals surface area contributed by atoms with Crippen LogP contribution < -0.4 is 0 Å². The topological polar surface area (TPSA) is 34.1 Å². The van der Waals surface area contributed by atoms with E-state index in [2.05, 4.69) is 0 Å².